The fourth-order valence-corrected chi connectivity index (χ4v) is 2.44. The van der Waals surface area contributed by atoms with Crippen molar-refractivity contribution in [3.05, 3.63) is 36.2 Å². The summed E-state index contributed by atoms with van der Waals surface area (Å²) in [4.78, 5) is 31.8. The van der Waals surface area contributed by atoms with Gasteiger partial charge in [0.2, 0.25) is 11.8 Å². The summed E-state index contributed by atoms with van der Waals surface area (Å²) in [6, 6.07) is 6.44. The Hall–Kier alpha value is -3.16. The Morgan fingerprint density at radius 3 is 2.87 bits per heavy atom. The van der Waals surface area contributed by atoms with Crippen LogP contribution in [0.5, 0.6) is 11.6 Å². The highest BCUT2D eigenvalue weighted by molar-refractivity contribution is 5.93. The number of amides is 3. The summed E-state index contributed by atoms with van der Waals surface area (Å²) in [5, 5.41) is 2.56. The first-order valence-electron chi connectivity index (χ1n) is 7.00. The third-order valence-electron chi connectivity index (χ3n) is 3.38. The molecule has 2 aromatic rings. The number of benzene rings is 1. The molecule has 3 amide bonds. The predicted octanol–water partition coefficient (Wildman–Crippen LogP) is 1.67. The summed E-state index contributed by atoms with van der Waals surface area (Å²) in [5.74, 6) is 1.04. The standard InChI is InChI=1S/C15H15N5O3/c1-9(21)19-13-7-14(18-8-17-13)23-11-2-3-12-10(6-11)4-5-20(12)15(16)22/h2-3,6-8H,4-5H2,1H3,(H2,16,22)(H,17,18,19,21). The van der Waals surface area contributed by atoms with E-state index in [1.807, 2.05) is 6.07 Å². The monoisotopic (exact) mass is 313 g/mol. The van der Waals surface area contributed by atoms with Crippen molar-refractivity contribution < 1.29 is 14.3 Å². The van der Waals surface area contributed by atoms with E-state index in [-0.39, 0.29) is 5.91 Å². The number of rotatable bonds is 3. The molecule has 3 N–H and O–H groups in total. The topological polar surface area (TPSA) is 110 Å². The van der Waals surface area contributed by atoms with E-state index >= 15 is 0 Å². The average Bonchev–Trinajstić information content (AvgIpc) is 2.90. The first-order valence-corrected chi connectivity index (χ1v) is 7.00. The first kappa shape index (κ1) is 14.8. The van der Waals surface area contributed by atoms with Gasteiger partial charge >= 0.3 is 6.03 Å². The van der Waals surface area contributed by atoms with Crippen LogP contribution in [0.2, 0.25) is 0 Å². The number of nitrogens with two attached hydrogens (primary N) is 1. The van der Waals surface area contributed by atoms with Crippen LogP contribution in [0.15, 0.2) is 30.6 Å². The third-order valence-corrected chi connectivity index (χ3v) is 3.38. The van der Waals surface area contributed by atoms with Gasteiger partial charge in [-0.05, 0) is 30.2 Å². The van der Waals surface area contributed by atoms with Crippen molar-refractivity contribution in [1.82, 2.24) is 9.97 Å². The van der Waals surface area contributed by atoms with E-state index < -0.39 is 6.03 Å². The number of hydrogen-bond donors (Lipinski definition) is 2. The molecule has 0 saturated heterocycles. The SMILES string of the molecule is CC(=O)Nc1cc(Oc2ccc3c(c2)CCN3C(N)=O)ncn1. The highest BCUT2D eigenvalue weighted by Gasteiger charge is 2.23. The molecule has 0 saturated carbocycles. The number of hydrogen-bond acceptors (Lipinski definition) is 5. The lowest BCUT2D eigenvalue weighted by atomic mass is 10.1. The molecule has 0 bridgehead atoms. The molecular formula is C15H15N5O3. The molecule has 0 radical (unpaired) electrons. The maximum Gasteiger partial charge on any atom is 0.319 e. The van der Waals surface area contributed by atoms with E-state index in [0.29, 0.717) is 24.0 Å². The van der Waals surface area contributed by atoms with Crippen LogP contribution in [0.3, 0.4) is 0 Å². The van der Waals surface area contributed by atoms with Crippen molar-refractivity contribution in [3.63, 3.8) is 0 Å². The lowest BCUT2D eigenvalue weighted by Crippen LogP contribution is -2.33. The minimum absolute atomic E-state index is 0.223. The van der Waals surface area contributed by atoms with E-state index in [0.717, 1.165) is 17.7 Å². The molecule has 118 valence electrons. The third kappa shape index (κ3) is 3.20. The van der Waals surface area contributed by atoms with Crippen molar-refractivity contribution in [3.8, 4) is 11.6 Å². The van der Waals surface area contributed by atoms with Gasteiger partial charge in [-0.1, -0.05) is 0 Å². The number of urea groups is 1. The van der Waals surface area contributed by atoms with Gasteiger partial charge in [0.25, 0.3) is 0 Å². The molecule has 0 fully saturated rings. The van der Waals surface area contributed by atoms with E-state index in [2.05, 4.69) is 15.3 Å². The second-order valence-electron chi connectivity index (χ2n) is 5.06. The lowest BCUT2D eigenvalue weighted by molar-refractivity contribution is -0.114. The fourth-order valence-electron chi connectivity index (χ4n) is 2.44. The summed E-state index contributed by atoms with van der Waals surface area (Å²) in [6.45, 7) is 1.96. The summed E-state index contributed by atoms with van der Waals surface area (Å²) in [6.07, 6.45) is 2.03. The zero-order valence-corrected chi connectivity index (χ0v) is 12.4. The summed E-state index contributed by atoms with van der Waals surface area (Å²) < 4.78 is 5.68. The number of ether oxygens (including phenoxy) is 1. The molecule has 3 rings (SSSR count). The second kappa shape index (κ2) is 5.91. The normalized spacial score (nSPS) is 12.7. The molecule has 23 heavy (non-hydrogen) atoms. The van der Waals surface area contributed by atoms with Crippen molar-refractivity contribution in [2.24, 2.45) is 5.73 Å². The van der Waals surface area contributed by atoms with E-state index in [9.17, 15) is 9.59 Å². The van der Waals surface area contributed by atoms with Crippen LogP contribution < -0.4 is 20.7 Å². The van der Waals surface area contributed by atoms with Gasteiger partial charge in [-0.2, -0.15) is 0 Å². The molecule has 1 aromatic heterocycles. The van der Waals surface area contributed by atoms with E-state index in [4.69, 9.17) is 10.5 Å². The van der Waals surface area contributed by atoms with Gasteiger partial charge in [-0.25, -0.2) is 14.8 Å². The molecule has 1 aliphatic rings. The van der Waals surface area contributed by atoms with Crippen LogP contribution in [-0.2, 0) is 11.2 Å². The maximum absolute atomic E-state index is 11.3. The number of aromatic nitrogens is 2. The van der Waals surface area contributed by atoms with Crippen LogP contribution in [0.4, 0.5) is 16.3 Å². The van der Waals surface area contributed by atoms with Gasteiger partial charge in [-0.3, -0.25) is 9.69 Å². The van der Waals surface area contributed by atoms with Gasteiger partial charge in [0, 0.05) is 25.2 Å². The Bertz CT molecular complexity index is 777. The Labute approximate surface area is 132 Å². The van der Waals surface area contributed by atoms with Crippen LogP contribution >= 0.6 is 0 Å². The van der Waals surface area contributed by atoms with Gasteiger partial charge in [0.05, 0.1) is 0 Å². The molecule has 8 nitrogen and oxygen atoms in total. The summed E-state index contributed by atoms with van der Waals surface area (Å²) in [7, 11) is 0. The summed E-state index contributed by atoms with van der Waals surface area (Å²) in [5.41, 5.74) is 7.12. The number of carbonyl (C=O) groups is 2. The van der Waals surface area contributed by atoms with E-state index in [1.165, 1.54) is 24.2 Å². The quantitative estimate of drug-likeness (QED) is 0.895. The fraction of sp³-hybridized carbons (Fsp3) is 0.200. The smallest absolute Gasteiger partial charge is 0.319 e. The van der Waals surface area contributed by atoms with Crippen molar-refractivity contribution in [2.75, 3.05) is 16.8 Å². The van der Waals surface area contributed by atoms with Crippen molar-refractivity contribution in [2.45, 2.75) is 13.3 Å². The average molecular weight is 313 g/mol. The van der Waals surface area contributed by atoms with Crippen LogP contribution in [-0.4, -0.2) is 28.5 Å². The highest BCUT2D eigenvalue weighted by Crippen LogP contribution is 2.32. The molecule has 1 aromatic carbocycles. The van der Waals surface area contributed by atoms with Gasteiger partial charge in [-0.15, -0.1) is 0 Å². The Morgan fingerprint density at radius 1 is 1.30 bits per heavy atom. The number of nitrogens with one attached hydrogen (secondary N) is 1. The lowest BCUT2D eigenvalue weighted by Gasteiger charge is -2.14. The zero-order valence-electron chi connectivity index (χ0n) is 12.4. The number of nitrogens with zero attached hydrogens (tertiary/aromatic N) is 3. The number of carbonyl (C=O) groups excluding carboxylic acids is 2. The number of primary amides is 1. The molecule has 2 heterocycles. The van der Waals surface area contributed by atoms with Crippen LogP contribution in [0.25, 0.3) is 0 Å². The van der Waals surface area contributed by atoms with Gasteiger partial charge in [0.1, 0.15) is 17.9 Å². The maximum atomic E-state index is 11.3. The number of fused-ring (bicyclic) bond motifs is 1. The molecule has 0 atom stereocenters. The molecule has 8 heteroatoms. The second-order valence-corrected chi connectivity index (χ2v) is 5.06. The minimum Gasteiger partial charge on any atom is -0.439 e. The van der Waals surface area contributed by atoms with Crippen molar-refractivity contribution in [1.29, 1.82) is 0 Å². The Balaban J connectivity index is 1.79. The van der Waals surface area contributed by atoms with E-state index in [1.54, 1.807) is 12.1 Å². The molecule has 0 aliphatic carbocycles. The van der Waals surface area contributed by atoms with Crippen LogP contribution in [0.1, 0.15) is 12.5 Å². The zero-order chi connectivity index (χ0) is 16.4. The molecule has 0 unspecified atom stereocenters. The highest BCUT2D eigenvalue weighted by atomic mass is 16.5. The number of anilines is 2. The van der Waals surface area contributed by atoms with Gasteiger partial charge < -0.3 is 15.8 Å². The molecule has 0 spiro atoms. The van der Waals surface area contributed by atoms with Crippen LogP contribution in [0, 0.1) is 0 Å². The Kier molecular flexibility index (Phi) is 3.80. The largest absolute Gasteiger partial charge is 0.439 e. The van der Waals surface area contributed by atoms with Gasteiger partial charge in [0.15, 0.2) is 0 Å². The first-order chi connectivity index (χ1) is 11.0. The molecule has 1 aliphatic heterocycles. The predicted molar refractivity (Wildman–Crippen MR) is 83.5 cm³/mol. The molecular weight excluding hydrogens is 298 g/mol. The Morgan fingerprint density at radius 2 is 2.13 bits per heavy atom. The minimum atomic E-state index is -0.465. The van der Waals surface area contributed by atoms with Crippen molar-refractivity contribution >= 4 is 23.4 Å². The summed E-state index contributed by atoms with van der Waals surface area (Å²) >= 11 is 0.